The Balaban J connectivity index is 2.91. The summed E-state index contributed by atoms with van der Waals surface area (Å²) in [5, 5.41) is 7.63. The van der Waals surface area contributed by atoms with E-state index < -0.39 is 0 Å². The second-order valence-electron chi connectivity index (χ2n) is 4.86. The molecule has 0 saturated carbocycles. The maximum Gasteiger partial charge on any atom is 0.142 e. The SMILES string of the molecule is CCC(CC)N(CCOC)Cc1cccnc1C(=N)N. The Morgan fingerprint density at radius 1 is 1.45 bits per heavy atom. The molecule has 1 rings (SSSR count). The smallest absolute Gasteiger partial charge is 0.142 e. The van der Waals surface area contributed by atoms with Crippen LogP contribution in [-0.2, 0) is 11.3 Å². The van der Waals surface area contributed by atoms with Crippen LogP contribution in [0.1, 0.15) is 37.9 Å². The van der Waals surface area contributed by atoms with Gasteiger partial charge in [0, 0.05) is 32.4 Å². The molecule has 112 valence electrons. The highest BCUT2D eigenvalue weighted by Crippen LogP contribution is 2.15. The summed E-state index contributed by atoms with van der Waals surface area (Å²) in [7, 11) is 1.72. The maximum atomic E-state index is 7.63. The molecule has 0 fully saturated rings. The lowest BCUT2D eigenvalue weighted by Gasteiger charge is -2.30. The van der Waals surface area contributed by atoms with Crippen LogP contribution in [0.15, 0.2) is 18.3 Å². The second kappa shape index (κ2) is 8.66. The number of ether oxygens (including phenoxy) is 1. The third-order valence-electron chi connectivity index (χ3n) is 3.56. The first kappa shape index (κ1) is 16.6. The number of nitrogens with zero attached hydrogens (tertiary/aromatic N) is 2. The van der Waals surface area contributed by atoms with Crippen LogP contribution in [0.2, 0.25) is 0 Å². The molecular weight excluding hydrogens is 252 g/mol. The summed E-state index contributed by atoms with van der Waals surface area (Å²) in [5.74, 6) is 0.0249. The number of nitrogens with one attached hydrogen (secondary N) is 1. The summed E-state index contributed by atoms with van der Waals surface area (Å²) >= 11 is 0. The maximum absolute atomic E-state index is 7.63. The Morgan fingerprint density at radius 2 is 2.15 bits per heavy atom. The van der Waals surface area contributed by atoms with Gasteiger partial charge in [-0.2, -0.15) is 0 Å². The van der Waals surface area contributed by atoms with Crippen molar-refractivity contribution in [2.24, 2.45) is 5.73 Å². The molecule has 3 N–H and O–H groups in total. The van der Waals surface area contributed by atoms with Crippen LogP contribution in [0.25, 0.3) is 0 Å². The predicted molar refractivity (Wildman–Crippen MR) is 81.9 cm³/mol. The Morgan fingerprint density at radius 3 is 2.70 bits per heavy atom. The van der Waals surface area contributed by atoms with Gasteiger partial charge in [-0.15, -0.1) is 0 Å². The van der Waals surface area contributed by atoms with Crippen LogP contribution in [0, 0.1) is 5.41 Å². The second-order valence-corrected chi connectivity index (χ2v) is 4.86. The molecule has 0 aromatic carbocycles. The summed E-state index contributed by atoms with van der Waals surface area (Å²) in [6.45, 7) is 6.71. The van der Waals surface area contributed by atoms with Crippen LogP contribution < -0.4 is 5.73 Å². The number of aromatic nitrogens is 1. The first-order chi connectivity index (χ1) is 9.63. The van der Waals surface area contributed by atoms with Gasteiger partial charge in [-0.3, -0.25) is 15.3 Å². The molecule has 0 atom stereocenters. The van der Waals surface area contributed by atoms with E-state index in [0.717, 1.165) is 31.5 Å². The number of hydrogen-bond donors (Lipinski definition) is 2. The summed E-state index contributed by atoms with van der Waals surface area (Å²) in [4.78, 5) is 6.60. The van der Waals surface area contributed by atoms with Gasteiger partial charge >= 0.3 is 0 Å². The minimum absolute atomic E-state index is 0.0249. The third-order valence-corrected chi connectivity index (χ3v) is 3.56. The van der Waals surface area contributed by atoms with Gasteiger partial charge in [0.05, 0.1) is 6.61 Å². The first-order valence-corrected chi connectivity index (χ1v) is 7.15. The molecule has 20 heavy (non-hydrogen) atoms. The lowest BCUT2D eigenvalue weighted by Crippen LogP contribution is -2.37. The van der Waals surface area contributed by atoms with E-state index in [2.05, 4.69) is 23.7 Å². The van der Waals surface area contributed by atoms with E-state index in [4.69, 9.17) is 15.9 Å². The van der Waals surface area contributed by atoms with Crippen molar-refractivity contribution in [2.75, 3.05) is 20.3 Å². The van der Waals surface area contributed by atoms with Crippen molar-refractivity contribution < 1.29 is 4.74 Å². The summed E-state index contributed by atoms with van der Waals surface area (Å²) in [5.41, 5.74) is 7.20. The van der Waals surface area contributed by atoms with Gasteiger partial charge in [0.2, 0.25) is 0 Å². The van der Waals surface area contributed by atoms with Gasteiger partial charge in [-0.1, -0.05) is 19.9 Å². The van der Waals surface area contributed by atoms with Crippen molar-refractivity contribution >= 4 is 5.84 Å². The zero-order valence-corrected chi connectivity index (χ0v) is 12.7. The van der Waals surface area contributed by atoms with Crippen molar-refractivity contribution in [2.45, 2.75) is 39.3 Å². The highest BCUT2D eigenvalue weighted by atomic mass is 16.5. The largest absolute Gasteiger partial charge is 0.383 e. The highest BCUT2D eigenvalue weighted by molar-refractivity contribution is 5.94. The van der Waals surface area contributed by atoms with E-state index in [1.807, 2.05) is 12.1 Å². The predicted octanol–water partition coefficient (Wildman–Crippen LogP) is 2.00. The lowest BCUT2D eigenvalue weighted by atomic mass is 10.1. The molecule has 0 aliphatic carbocycles. The number of nitrogens with two attached hydrogens (primary N) is 1. The monoisotopic (exact) mass is 278 g/mol. The van der Waals surface area contributed by atoms with Crippen molar-refractivity contribution in [3.05, 3.63) is 29.6 Å². The van der Waals surface area contributed by atoms with E-state index in [1.165, 1.54) is 0 Å². The van der Waals surface area contributed by atoms with E-state index in [0.29, 0.717) is 18.3 Å². The molecule has 1 aromatic heterocycles. The molecule has 0 saturated heterocycles. The zero-order chi connectivity index (χ0) is 15.0. The number of hydrogen-bond acceptors (Lipinski definition) is 4. The van der Waals surface area contributed by atoms with E-state index in [1.54, 1.807) is 13.3 Å². The minimum Gasteiger partial charge on any atom is -0.383 e. The molecule has 1 heterocycles. The van der Waals surface area contributed by atoms with Gasteiger partial charge in [0.25, 0.3) is 0 Å². The highest BCUT2D eigenvalue weighted by Gasteiger charge is 2.17. The zero-order valence-electron chi connectivity index (χ0n) is 12.7. The van der Waals surface area contributed by atoms with Crippen LogP contribution in [0.3, 0.4) is 0 Å². The van der Waals surface area contributed by atoms with E-state index in [-0.39, 0.29) is 5.84 Å². The lowest BCUT2D eigenvalue weighted by molar-refractivity contribution is 0.110. The van der Waals surface area contributed by atoms with Gasteiger partial charge in [0.1, 0.15) is 11.5 Å². The molecule has 5 nitrogen and oxygen atoms in total. The Hall–Kier alpha value is -1.46. The number of amidine groups is 1. The van der Waals surface area contributed by atoms with Gasteiger partial charge < -0.3 is 10.5 Å². The molecule has 1 aromatic rings. The normalized spacial score (nSPS) is 11.2. The minimum atomic E-state index is 0.0249. The summed E-state index contributed by atoms with van der Waals surface area (Å²) in [6, 6.07) is 4.39. The molecule has 5 heteroatoms. The van der Waals surface area contributed by atoms with Gasteiger partial charge in [0.15, 0.2) is 0 Å². The van der Waals surface area contributed by atoms with Crippen molar-refractivity contribution in [1.82, 2.24) is 9.88 Å². The third kappa shape index (κ3) is 4.58. The van der Waals surface area contributed by atoms with Crippen molar-refractivity contribution in [3.63, 3.8) is 0 Å². The quantitative estimate of drug-likeness (QED) is 0.535. The van der Waals surface area contributed by atoms with Crippen molar-refractivity contribution in [3.8, 4) is 0 Å². The molecule has 0 unspecified atom stereocenters. The van der Waals surface area contributed by atoms with E-state index in [9.17, 15) is 0 Å². The number of rotatable bonds is 9. The van der Waals surface area contributed by atoms with Gasteiger partial charge in [-0.25, -0.2) is 0 Å². The number of pyridine rings is 1. The number of nitrogen functional groups attached to an aromatic ring is 1. The molecule has 0 radical (unpaired) electrons. The average Bonchev–Trinajstić information content (AvgIpc) is 2.46. The first-order valence-electron chi connectivity index (χ1n) is 7.15. The van der Waals surface area contributed by atoms with Crippen LogP contribution in [-0.4, -0.2) is 42.0 Å². The van der Waals surface area contributed by atoms with Crippen LogP contribution in [0.4, 0.5) is 0 Å². The van der Waals surface area contributed by atoms with E-state index >= 15 is 0 Å². The Bertz CT molecular complexity index is 418. The van der Waals surface area contributed by atoms with Crippen molar-refractivity contribution in [1.29, 1.82) is 5.41 Å². The fourth-order valence-corrected chi connectivity index (χ4v) is 2.43. The Kier molecular flexibility index (Phi) is 7.18. The Labute approximate surface area is 121 Å². The molecule has 0 spiro atoms. The summed E-state index contributed by atoms with van der Waals surface area (Å²) in [6.07, 6.45) is 3.86. The molecule has 0 aliphatic rings. The molecule has 0 bridgehead atoms. The van der Waals surface area contributed by atoms with Crippen LogP contribution in [0.5, 0.6) is 0 Å². The average molecular weight is 278 g/mol. The molecular formula is C15H26N4O. The number of methoxy groups -OCH3 is 1. The molecule has 0 amide bonds. The molecule has 0 aliphatic heterocycles. The van der Waals surface area contributed by atoms with Crippen LogP contribution >= 0.6 is 0 Å². The fraction of sp³-hybridized carbons (Fsp3) is 0.600. The summed E-state index contributed by atoms with van der Waals surface area (Å²) < 4.78 is 5.20. The standard InChI is InChI=1S/C15H26N4O/c1-4-13(5-2)19(9-10-20-3)11-12-7-6-8-18-14(12)15(16)17/h6-8,13H,4-5,9-11H2,1-3H3,(H3,16,17). The topological polar surface area (TPSA) is 75.2 Å². The fourth-order valence-electron chi connectivity index (χ4n) is 2.43. The van der Waals surface area contributed by atoms with Gasteiger partial charge in [-0.05, 0) is 24.5 Å².